The summed E-state index contributed by atoms with van der Waals surface area (Å²) < 4.78 is 33.7. The van der Waals surface area contributed by atoms with E-state index in [0.29, 0.717) is 23.6 Å². The van der Waals surface area contributed by atoms with Gasteiger partial charge in [0.2, 0.25) is 11.8 Å². The Labute approximate surface area is 153 Å². The van der Waals surface area contributed by atoms with Gasteiger partial charge in [-0.2, -0.15) is 0 Å². The van der Waals surface area contributed by atoms with Gasteiger partial charge in [-0.05, 0) is 18.6 Å². The Kier molecular flexibility index (Phi) is 6.12. The van der Waals surface area contributed by atoms with Crippen LogP contribution in [0.2, 0.25) is 0 Å². The van der Waals surface area contributed by atoms with Crippen molar-refractivity contribution in [1.29, 1.82) is 0 Å². The van der Waals surface area contributed by atoms with Gasteiger partial charge in [0.25, 0.3) is 0 Å². The number of likely N-dealkylation sites (N-methyl/N-ethyl adjacent to an activating group) is 1. The first-order valence-electron chi connectivity index (χ1n) is 8.14. The number of ether oxygens (including phenoxy) is 2. The standard InChI is InChI=1S/C17H24N2O6S/c1-12(20)19(13-5-6-15(24-3)16(9-13)25-4)10-17(21)18(2)14-7-8-26(22,23)11-14/h5-6,9,14H,7-8,10-11H2,1-4H3. The summed E-state index contributed by atoms with van der Waals surface area (Å²) in [5.41, 5.74) is 0.496. The Morgan fingerprint density at radius 1 is 1.19 bits per heavy atom. The molecule has 0 radical (unpaired) electrons. The van der Waals surface area contributed by atoms with E-state index >= 15 is 0 Å². The highest BCUT2D eigenvalue weighted by Crippen LogP contribution is 2.31. The second-order valence-corrected chi connectivity index (χ2v) is 8.43. The molecule has 0 saturated carbocycles. The average molecular weight is 384 g/mol. The third-order valence-corrected chi connectivity index (χ3v) is 6.25. The van der Waals surface area contributed by atoms with Gasteiger partial charge in [-0.1, -0.05) is 0 Å². The van der Waals surface area contributed by atoms with E-state index in [1.807, 2.05) is 0 Å². The fourth-order valence-electron chi connectivity index (χ4n) is 2.91. The van der Waals surface area contributed by atoms with E-state index in [1.54, 1.807) is 25.2 Å². The van der Waals surface area contributed by atoms with Crippen molar-refractivity contribution in [3.05, 3.63) is 18.2 Å². The minimum atomic E-state index is -3.09. The van der Waals surface area contributed by atoms with Crippen LogP contribution in [0.4, 0.5) is 5.69 Å². The SMILES string of the molecule is COc1ccc(N(CC(=O)N(C)C2CCS(=O)(=O)C2)C(C)=O)cc1OC. The van der Waals surface area contributed by atoms with Crippen LogP contribution in [0.25, 0.3) is 0 Å². The maximum atomic E-state index is 12.6. The largest absolute Gasteiger partial charge is 0.493 e. The van der Waals surface area contributed by atoms with Gasteiger partial charge in [0.05, 0.1) is 25.7 Å². The summed E-state index contributed by atoms with van der Waals surface area (Å²) in [4.78, 5) is 27.4. The van der Waals surface area contributed by atoms with E-state index in [1.165, 1.54) is 30.9 Å². The molecule has 2 rings (SSSR count). The third kappa shape index (κ3) is 4.46. The van der Waals surface area contributed by atoms with Gasteiger partial charge in [0, 0.05) is 31.8 Å². The van der Waals surface area contributed by atoms with Gasteiger partial charge in [-0.25, -0.2) is 8.42 Å². The summed E-state index contributed by atoms with van der Waals surface area (Å²) in [6, 6.07) is 4.58. The lowest BCUT2D eigenvalue weighted by molar-refractivity contribution is -0.131. The second-order valence-electron chi connectivity index (χ2n) is 6.21. The number of carbonyl (C=O) groups is 2. The Morgan fingerprint density at radius 2 is 1.85 bits per heavy atom. The van der Waals surface area contributed by atoms with E-state index in [9.17, 15) is 18.0 Å². The highest BCUT2D eigenvalue weighted by Gasteiger charge is 2.33. The van der Waals surface area contributed by atoms with Crippen LogP contribution in [-0.2, 0) is 19.4 Å². The Hall–Kier alpha value is -2.29. The lowest BCUT2D eigenvalue weighted by Gasteiger charge is -2.28. The van der Waals surface area contributed by atoms with Gasteiger partial charge in [0.1, 0.15) is 6.54 Å². The van der Waals surface area contributed by atoms with E-state index in [0.717, 1.165) is 0 Å². The van der Waals surface area contributed by atoms with E-state index in [4.69, 9.17) is 9.47 Å². The molecule has 1 aromatic carbocycles. The molecule has 1 heterocycles. The maximum absolute atomic E-state index is 12.6. The molecule has 1 aliphatic rings. The molecule has 0 N–H and O–H groups in total. The molecule has 8 nitrogen and oxygen atoms in total. The molecule has 0 bridgehead atoms. The van der Waals surface area contributed by atoms with Gasteiger partial charge in [-0.3, -0.25) is 9.59 Å². The molecule has 9 heteroatoms. The van der Waals surface area contributed by atoms with Crippen LogP contribution in [0, 0.1) is 0 Å². The first-order chi connectivity index (χ1) is 12.2. The first kappa shape index (κ1) is 20.0. The highest BCUT2D eigenvalue weighted by atomic mass is 32.2. The summed E-state index contributed by atoms with van der Waals surface area (Å²) in [5.74, 6) is 0.376. The molecule has 26 heavy (non-hydrogen) atoms. The zero-order valence-corrected chi connectivity index (χ0v) is 16.2. The number of carbonyl (C=O) groups excluding carboxylic acids is 2. The van der Waals surface area contributed by atoms with Crippen molar-refractivity contribution in [1.82, 2.24) is 4.90 Å². The van der Waals surface area contributed by atoms with Crippen molar-refractivity contribution in [2.24, 2.45) is 0 Å². The van der Waals surface area contributed by atoms with Crippen LogP contribution in [0.1, 0.15) is 13.3 Å². The molecule has 0 spiro atoms. The number of methoxy groups -OCH3 is 2. The molecule has 144 valence electrons. The molecule has 1 atom stereocenters. The molecule has 1 unspecified atom stereocenters. The fourth-order valence-corrected chi connectivity index (χ4v) is 4.68. The van der Waals surface area contributed by atoms with Crippen LogP contribution in [-0.4, -0.2) is 70.5 Å². The van der Waals surface area contributed by atoms with Crippen LogP contribution in [0.5, 0.6) is 11.5 Å². The van der Waals surface area contributed by atoms with Crippen molar-refractivity contribution < 1.29 is 27.5 Å². The molecule has 2 amide bonds. The Morgan fingerprint density at radius 3 is 2.35 bits per heavy atom. The number of nitrogens with zero attached hydrogens (tertiary/aromatic N) is 2. The number of sulfone groups is 1. The zero-order chi connectivity index (χ0) is 19.5. The minimum Gasteiger partial charge on any atom is -0.493 e. The van der Waals surface area contributed by atoms with Crippen LogP contribution < -0.4 is 14.4 Å². The number of rotatable bonds is 6. The fraction of sp³-hybridized carbons (Fsp3) is 0.529. The summed E-state index contributed by atoms with van der Waals surface area (Å²) in [7, 11) is 1.47. The topological polar surface area (TPSA) is 93.2 Å². The predicted molar refractivity (Wildman–Crippen MR) is 97.4 cm³/mol. The van der Waals surface area contributed by atoms with Crippen LogP contribution >= 0.6 is 0 Å². The average Bonchev–Trinajstić information content (AvgIpc) is 2.97. The summed E-state index contributed by atoms with van der Waals surface area (Å²) in [5, 5.41) is 0. The van der Waals surface area contributed by atoms with E-state index in [-0.39, 0.29) is 35.9 Å². The van der Waals surface area contributed by atoms with Crippen molar-refractivity contribution in [2.75, 3.05) is 44.2 Å². The molecule has 0 aromatic heterocycles. The number of anilines is 1. The monoisotopic (exact) mass is 384 g/mol. The lowest BCUT2D eigenvalue weighted by atomic mass is 10.2. The third-order valence-electron chi connectivity index (χ3n) is 4.50. The summed E-state index contributed by atoms with van der Waals surface area (Å²) in [6.45, 7) is 1.18. The Bertz CT molecular complexity index is 792. The van der Waals surface area contributed by atoms with Gasteiger partial charge >= 0.3 is 0 Å². The van der Waals surface area contributed by atoms with E-state index in [2.05, 4.69) is 0 Å². The smallest absolute Gasteiger partial charge is 0.242 e. The molecule has 1 fully saturated rings. The summed E-state index contributed by atoms with van der Waals surface area (Å²) in [6.07, 6.45) is 0.418. The Balaban J connectivity index is 2.18. The van der Waals surface area contributed by atoms with Crippen LogP contribution in [0.3, 0.4) is 0 Å². The minimum absolute atomic E-state index is 0.0360. The highest BCUT2D eigenvalue weighted by molar-refractivity contribution is 7.91. The number of amides is 2. The number of benzene rings is 1. The van der Waals surface area contributed by atoms with Crippen molar-refractivity contribution in [3.63, 3.8) is 0 Å². The lowest BCUT2D eigenvalue weighted by Crippen LogP contribution is -2.45. The van der Waals surface area contributed by atoms with Crippen molar-refractivity contribution in [3.8, 4) is 11.5 Å². The van der Waals surface area contributed by atoms with Gasteiger partial charge in [0.15, 0.2) is 21.3 Å². The zero-order valence-electron chi connectivity index (χ0n) is 15.4. The van der Waals surface area contributed by atoms with E-state index < -0.39 is 9.84 Å². The normalized spacial score (nSPS) is 18.2. The quantitative estimate of drug-likeness (QED) is 0.717. The van der Waals surface area contributed by atoms with Crippen molar-refractivity contribution >= 4 is 27.3 Å². The van der Waals surface area contributed by atoms with Crippen LogP contribution in [0.15, 0.2) is 18.2 Å². The van der Waals surface area contributed by atoms with Gasteiger partial charge in [-0.15, -0.1) is 0 Å². The molecule has 0 aliphatic carbocycles. The maximum Gasteiger partial charge on any atom is 0.242 e. The summed E-state index contributed by atoms with van der Waals surface area (Å²) >= 11 is 0. The second kappa shape index (κ2) is 7.94. The van der Waals surface area contributed by atoms with Crippen molar-refractivity contribution in [2.45, 2.75) is 19.4 Å². The predicted octanol–water partition coefficient (Wildman–Crippen LogP) is 0.702. The molecular formula is C17H24N2O6S. The molecule has 1 aromatic rings. The van der Waals surface area contributed by atoms with Gasteiger partial charge < -0.3 is 19.3 Å². The first-order valence-corrected chi connectivity index (χ1v) is 9.97. The molecule has 1 saturated heterocycles. The molecule has 1 aliphatic heterocycles. The number of hydrogen-bond donors (Lipinski definition) is 0. The molecular weight excluding hydrogens is 360 g/mol. The number of hydrogen-bond acceptors (Lipinski definition) is 6.